The van der Waals surface area contributed by atoms with Crippen molar-refractivity contribution in [1.82, 2.24) is 0 Å². The van der Waals surface area contributed by atoms with Gasteiger partial charge in [0.2, 0.25) is 0 Å². The molecule has 0 amide bonds. The van der Waals surface area contributed by atoms with Gasteiger partial charge in [-0.3, -0.25) is 0 Å². The molecule has 0 fully saturated rings. The van der Waals surface area contributed by atoms with Crippen molar-refractivity contribution >= 4 is 5.69 Å². The minimum absolute atomic E-state index is 0.0151. The lowest BCUT2D eigenvalue weighted by Gasteiger charge is -2.08. The van der Waals surface area contributed by atoms with Crippen LogP contribution in [-0.4, -0.2) is 10.2 Å². The minimum atomic E-state index is -0.0373. The number of rotatable bonds is 1. The molecule has 0 radical (unpaired) electrons. The van der Waals surface area contributed by atoms with Crippen LogP contribution in [0.5, 0.6) is 11.5 Å². The van der Waals surface area contributed by atoms with E-state index in [1.54, 1.807) is 0 Å². The van der Waals surface area contributed by atoms with E-state index in [1.807, 2.05) is 30.3 Å². The maximum atomic E-state index is 9.69. The minimum Gasteiger partial charge on any atom is -0.508 e. The first kappa shape index (κ1) is 9.40. The van der Waals surface area contributed by atoms with E-state index in [-0.39, 0.29) is 11.5 Å². The lowest BCUT2D eigenvalue weighted by atomic mass is 10.0. The zero-order valence-corrected chi connectivity index (χ0v) is 8.01. The summed E-state index contributed by atoms with van der Waals surface area (Å²) in [5.74, 6) is -0.0524. The molecular weight excluding hydrogens is 190 g/mol. The van der Waals surface area contributed by atoms with Crippen molar-refractivity contribution in [3.05, 3.63) is 42.5 Å². The van der Waals surface area contributed by atoms with E-state index >= 15 is 0 Å². The lowest BCUT2D eigenvalue weighted by Crippen LogP contribution is -1.90. The number of phenolic OH excluding ortho intramolecular Hbond substituents is 2. The van der Waals surface area contributed by atoms with Crippen molar-refractivity contribution in [2.24, 2.45) is 0 Å². The Morgan fingerprint density at radius 1 is 0.933 bits per heavy atom. The molecule has 0 unspecified atom stereocenters. The summed E-state index contributed by atoms with van der Waals surface area (Å²) in [6, 6.07) is 12.0. The standard InChI is InChI=1S/C12H11NO2/c13-10-6-9(14)7-11(15)12(10)8-4-2-1-3-5-8/h1-7,14-15H,13H2. The van der Waals surface area contributed by atoms with Crippen LogP contribution in [0.3, 0.4) is 0 Å². The second-order valence-corrected chi connectivity index (χ2v) is 3.30. The van der Waals surface area contributed by atoms with Gasteiger partial charge in [0.15, 0.2) is 0 Å². The Bertz CT molecular complexity index is 457. The van der Waals surface area contributed by atoms with E-state index in [2.05, 4.69) is 0 Å². The molecule has 3 heteroatoms. The maximum absolute atomic E-state index is 9.69. The summed E-state index contributed by atoms with van der Waals surface area (Å²) in [6.45, 7) is 0. The van der Waals surface area contributed by atoms with Gasteiger partial charge in [-0.25, -0.2) is 0 Å². The van der Waals surface area contributed by atoms with Gasteiger partial charge in [-0.05, 0) is 5.56 Å². The zero-order chi connectivity index (χ0) is 10.8. The molecule has 15 heavy (non-hydrogen) atoms. The molecular formula is C12H11NO2. The fraction of sp³-hybridized carbons (Fsp3) is 0. The number of hydrogen-bond acceptors (Lipinski definition) is 3. The Labute approximate surface area is 87.4 Å². The van der Waals surface area contributed by atoms with Gasteiger partial charge in [-0.15, -0.1) is 0 Å². The second-order valence-electron chi connectivity index (χ2n) is 3.30. The van der Waals surface area contributed by atoms with Crippen LogP contribution in [0.25, 0.3) is 11.1 Å². The second kappa shape index (κ2) is 3.53. The van der Waals surface area contributed by atoms with Crippen LogP contribution in [0.15, 0.2) is 42.5 Å². The summed E-state index contributed by atoms with van der Waals surface area (Å²) in [6.07, 6.45) is 0. The molecule has 0 atom stereocenters. The molecule has 0 spiro atoms. The van der Waals surface area contributed by atoms with E-state index in [0.717, 1.165) is 5.56 Å². The van der Waals surface area contributed by atoms with Gasteiger partial charge in [0.25, 0.3) is 0 Å². The fourth-order valence-corrected chi connectivity index (χ4v) is 1.55. The molecule has 0 aromatic heterocycles. The van der Waals surface area contributed by atoms with Crippen LogP contribution in [-0.2, 0) is 0 Å². The van der Waals surface area contributed by atoms with Crippen LogP contribution in [0.2, 0.25) is 0 Å². The Kier molecular flexibility index (Phi) is 2.21. The fourth-order valence-electron chi connectivity index (χ4n) is 1.55. The number of nitrogens with two attached hydrogens (primary N) is 1. The lowest BCUT2D eigenvalue weighted by molar-refractivity contribution is 0.452. The first-order chi connectivity index (χ1) is 7.18. The molecule has 0 heterocycles. The molecule has 0 aliphatic heterocycles. The predicted octanol–water partition coefficient (Wildman–Crippen LogP) is 2.35. The van der Waals surface area contributed by atoms with Crippen molar-refractivity contribution in [2.45, 2.75) is 0 Å². The highest BCUT2D eigenvalue weighted by Crippen LogP contribution is 2.37. The Morgan fingerprint density at radius 3 is 2.20 bits per heavy atom. The highest BCUT2D eigenvalue weighted by atomic mass is 16.3. The highest BCUT2D eigenvalue weighted by Gasteiger charge is 2.09. The third kappa shape index (κ3) is 1.72. The molecule has 76 valence electrons. The number of aromatic hydroxyl groups is 2. The topological polar surface area (TPSA) is 66.5 Å². The average molecular weight is 201 g/mol. The van der Waals surface area contributed by atoms with Crippen LogP contribution < -0.4 is 5.73 Å². The molecule has 4 N–H and O–H groups in total. The molecule has 0 saturated carbocycles. The van der Waals surface area contributed by atoms with E-state index in [0.29, 0.717) is 11.3 Å². The third-order valence-corrected chi connectivity index (χ3v) is 2.20. The number of hydrogen-bond donors (Lipinski definition) is 3. The summed E-state index contributed by atoms with van der Waals surface area (Å²) >= 11 is 0. The van der Waals surface area contributed by atoms with Gasteiger partial charge >= 0.3 is 0 Å². The van der Waals surface area contributed by atoms with Crippen molar-refractivity contribution in [3.8, 4) is 22.6 Å². The largest absolute Gasteiger partial charge is 0.508 e. The average Bonchev–Trinajstić information content (AvgIpc) is 2.17. The van der Waals surface area contributed by atoms with Crippen LogP contribution in [0, 0.1) is 0 Å². The van der Waals surface area contributed by atoms with E-state index in [4.69, 9.17) is 5.73 Å². The molecule has 2 rings (SSSR count). The Hall–Kier alpha value is -2.16. The van der Waals surface area contributed by atoms with Crippen LogP contribution in [0.4, 0.5) is 5.69 Å². The smallest absolute Gasteiger partial charge is 0.129 e. The van der Waals surface area contributed by atoms with Gasteiger partial charge in [-0.2, -0.15) is 0 Å². The van der Waals surface area contributed by atoms with Crippen LogP contribution in [0.1, 0.15) is 0 Å². The Morgan fingerprint density at radius 2 is 1.60 bits per heavy atom. The van der Waals surface area contributed by atoms with Gasteiger partial charge in [0.1, 0.15) is 11.5 Å². The Balaban J connectivity index is 2.64. The number of benzene rings is 2. The quantitative estimate of drug-likeness (QED) is 0.620. The highest BCUT2D eigenvalue weighted by molar-refractivity contribution is 5.82. The first-order valence-electron chi connectivity index (χ1n) is 4.55. The molecule has 2 aromatic carbocycles. The zero-order valence-electron chi connectivity index (χ0n) is 8.01. The number of phenols is 2. The summed E-state index contributed by atoms with van der Waals surface area (Å²) in [4.78, 5) is 0. The third-order valence-electron chi connectivity index (χ3n) is 2.20. The predicted molar refractivity (Wildman–Crippen MR) is 59.6 cm³/mol. The number of anilines is 1. The van der Waals surface area contributed by atoms with Crippen molar-refractivity contribution < 1.29 is 10.2 Å². The van der Waals surface area contributed by atoms with Gasteiger partial charge in [-0.1, -0.05) is 30.3 Å². The summed E-state index contributed by atoms with van der Waals surface area (Å²) in [5, 5.41) is 18.9. The van der Waals surface area contributed by atoms with Gasteiger partial charge < -0.3 is 15.9 Å². The SMILES string of the molecule is Nc1cc(O)cc(O)c1-c1ccccc1. The monoisotopic (exact) mass is 201 g/mol. The molecule has 0 saturated heterocycles. The number of nitrogen functional groups attached to an aromatic ring is 1. The summed E-state index contributed by atoms with van der Waals surface area (Å²) in [5.41, 5.74) is 7.47. The summed E-state index contributed by atoms with van der Waals surface area (Å²) in [7, 11) is 0. The summed E-state index contributed by atoms with van der Waals surface area (Å²) < 4.78 is 0. The van der Waals surface area contributed by atoms with Crippen molar-refractivity contribution in [3.63, 3.8) is 0 Å². The van der Waals surface area contributed by atoms with Crippen molar-refractivity contribution in [2.75, 3.05) is 5.73 Å². The van der Waals surface area contributed by atoms with Crippen LogP contribution >= 0.6 is 0 Å². The first-order valence-corrected chi connectivity index (χ1v) is 4.55. The maximum Gasteiger partial charge on any atom is 0.129 e. The van der Waals surface area contributed by atoms with E-state index in [1.165, 1.54) is 12.1 Å². The normalized spacial score (nSPS) is 10.1. The molecule has 0 bridgehead atoms. The van der Waals surface area contributed by atoms with E-state index < -0.39 is 0 Å². The van der Waals surface area contributed by atoms with Gasteiger partial charge in [0.05, 0.1) is 0 Å². The molecule has 2 aromatic rings. The molecule has 0 aliphatic rings. The van der Waals surface area contributed by atoms with Crippen molar-refractivity contribution in [1.29, 1.82) is 0 Å². The molecule has 0 aliphatic carbocycles. The van der Waals surface area contributed by atoms with E-state index in [9.17, 15) is 10.2 Å². The van der Waals surface area contributed by atoms with Gasteiger partial charge in [0, 0.05) is 23.4 Å². The molecule has 3 nitrogen and oxygen atoms in total.